The molecule has 8 heteroatoms. The van der Waals surface area contributed by atoms with Gasteiger partial charge in [-0.3, -0.25) is 19.2 Å². The van der Waals surface area contributed by atoms with Crippen LogP contribution < -0.4 is 0 Å². The van der Waals surface area contributed by atoms with Crippen molar-refractivity contribution in [1.82, 2.24) is 0 Å². The van der Waals surface area contributed by atoms with E-state index in [1.165, 1.54) is 6.92 Å². The lowest BCUT2D eigenvalue weighted by Crippen LogP contribution is -2.23. The van der Waals surface area contributed by atoms with Gasteiger partial charge in [0.15, 0.2) is 24.8 Å². The van der Waals surface area contributed by atoms with Crippen molar-refractivity contribution < 1.29 is 28.7 Å². The first-order chi connectivity index (χ1) is 13.8. The van der Waals surface area contributed by atoms with Crippen molar-refractivity contribution in [2.24, 2.45) is 5.92 Å². The maximum absolute atomic E-state index is 12.0. The van der Waals surface area contributed by atoms with Crippen LogP contribution in [-0.2, 0) is 19.1 Å². The molecule has 0 radical (unpaired) electrons. The smallest absolute Gasteiger partial charge is 0.309 e. The summed E-state index contributed by atoms with van der Waals surface area (Å²) in [6.07, 6.45) is -0.251. The summed E-state index contributed by atoms with van der Waals surface area (Å²) in [5.74, 6) is -2.88. The first kappa shape index (κ1) is 23.0. The third kappa shape index (κ3) is 7.55. The van der Waals surface area contributed by atoms with E-state index in [0.29, 0.717) is 11.1 Å². The van der Waals surface area contributed by atoms with Crippen LogP contribution in [0.4, 0.5) is 0 Å². The van der Waals surface area contributed by atoms with Gasteiger partial charge in [0.1, 0.15) is 0 Å². The number of ketones is 2. The van der Waals surface area contributed by atoms with E-state index >= 15 is 0 Å². The number of carbonyl (C=O) groups is 4. The fraction of sp³-hybridized carbons (Fsp3) is 0.238. The summed E-state index contributed by atoms with van der Waals surface area (Å²) in [6, 6.07) is 13.3. The summed E-state index contributed by atoms with van der Waals surface area (Å²) in [5, 5.41) is 0. The standard InChI is InChI=1S/C21H18Br2O6/c1-13(21(27)29-12-19(25)15-4-8-17(23)9-5-15)10-20(26)28-11-18(24)14-2-6-16(22)7-3-14/h2-9,13H,10-12H2,1H3/t13-/m0/s1. The number of hydrogen-bond donors (Lipinski definition) is 0. The van der Waals surface area contributed by atoms with Crippen LogP contribution >= 0.6 is 31.9 Å². The van der Waals surface area contributed by atoms with Crippen molar-refractivity contribution in [2.45, 2.75) is 13.3 Å². The van der Waals surface area contributed by atoms with Gasteiger partial charge in [0, 0.05) is 20.1 Å². The number of esters is 2. The van der Waals surface area contributed by atoms with Gasteiger partial charge in [-0.15, -0.1) is 0 Å². The highest BCUT2D eigenvalue weighted by atomic mass is 79.9. The molecule has 2 aromatic rings. The van der Waals surface area contributed by atoms with Crippen LogP contribution in [0.5, 0.6) is 0 Å². The summed E-state index contributed by atoms with van der Waals surface area (Å²) >= 11 is 6.54. The van der Waals surface area contributed by atoms with Gasteiger partial charge in [-0.2, -0.15) is 0 Å². The summed E-state index contributed by atoms with van der Waals surface area (Å²) < 4.78 is 11.6. The zero-order chi connectivity index (χ0) is 21.4. The Bertz CT molecular complexity index is 890. The predicted molar refractivity (Wildman–Crippen MR) is 113 cm³/mol. The highest BCUT2D eigenvalue weighted by molar-refractivity contribution is 9.10. The lowest BCUT2D eigenvalue weighted by molar-refractivity contribution is -0.153. The molecular weight excluding hydrogens is 508 g/mol. The largest absolute Gasteiger partial charge is 0.457 e. The minimum Gasteiger partial charge on any atom is -0.457 e. The average Bonchev–Trinajstić information content (AvgIpc) is 2.71. The van der Waals surface area contributed by atoms with E-state index in [2.05, 4.69) is 31.9 Å². The van der Waals surface area contributed by atoms with E-state index in [-0.39, 0.29) is 18.0 Å². The molecule has 0 unspecified atom stereocenters. The maximum Gasteiger partial charge on any atom is 0.309 e. The van der Waals surface area contributed by atoms with Crippen LogP contribution in [0.3, 0.4) is 0 Å². The van der Waals surface area contributed by atoms with E-state index in [4.69, 9.17) is 9.47 Å². The van der Waals surface area contributed by atoms with Crippen LogP contribution in [-0.4, -0.2) is 36.7 Å². The number of ether oxygens (including phenoxy) is 2. The number of halogens is 2. The highest BCUT2D eigenvalue weighted by Crippen LogP contribution is 2.13. The molecule has 152 valence electrons. The van der Waals surface area contributed by atoms with E-state index in [1.54, 1.807) is 48.5 Å². The van der Waals surface area contributed by atoms with Crippen LogP contribution in [0.1, 0.15) is 34.1 Å². The number of carbonyl (C=O) groups excluding carboxylic acids is 4. The molecule has 0 heterocycles. The third-order valence-electron chi connectivity index (χ3n) is 3.92. The topological polar surface area (TPSA) is 86.7 Å². The highest BCUT2D eigenvalue weighted by Gasteiger charge is 2.21. The molecule has 0 N–H and O–H groups in total. The second kappa shape index (κ2) is 11.0. The van der Waals surface area contributed by atoms with Crippen molar-refractivity contribution in [3.8, 4) is 0 Å². The Morgan fingerprint density at radius 2 is 1.17 bits per heavy atom. The number of Topliss-reactive ketones (excluding diaryl/α,β-unsaturated/α-hetero) is 2. The molecule has 0 aliphatic carbocycles. The Balaban J connectivity index is 1.74. The van der Waals surface area contributed by atoms with Crippen molar-refractivity contribution in [3.63, 3.8) is 0 Å². The van der Waals surface area contributed by atoms with Crippen molar-refractivity contribution in [3.05, 3.63) is 68.6 Å². The molecule has 0 amide bonds. The molecule has 1 atom stereocenters. The quantitative estimate of drug-likeness (QED) is 0.356. The second-order valence-electron chi connectivity index (χ2n) is 6.23. The van der Waals surface area contributed by atoms with Crippen LogP contribution in [0, 0.1) is 5.92 Å². The Morgan fingerprint density at radius 1 is 0.759 bits per heavy atom. The lowest BCUT2D eigenvalue weighted by atomic mass is 10.1. The summed E-state index contributed by atoms with van der Waals surface area (Å²) in [6.45, 7) is 0.663. The monoisotopic (exact) mass is 524 g/mol. The van der Waals surface area contributed by atoms with Crippen LogP contribution in [0.25, 0.3) is 0 Å². The Hall–Kier alpha value is -2.32. The van der Waals surface area contributed by atoms with E-state index in [1.807, 2.05) is 0 Å². The van der Waals surface area contributed by atoms with Gasteiger partial charge in [0.2, 0.25) is 0 Å². The van der Waals surface area contributed by atoms with E-state index < -0.39 is 31.1 Å². The summed E-state index contributed by atoms with van der Waals surface area (Å²) in [7, 11) is 0. The molecule has 0 aliphatic heterocycles. The van der Waals surface area contributed by atoms with E-state index in [9.17, 15) is 19.2 Å². The molecular formula is C21H18Br2O6. The molecule has 6 nitrogen and oxygen atoms in total. The third-order valence-corrected chi connectivity index (χ3v) is 4.97. The fourth-order valence-electron chi connectivity index (χ4n) is 2.26. The molecule has 0 saturated heterocycles. The van der Waals surface area contributed by atoms with Crippen molar-refractivity contribution in [1.29, 1.82) is 0 Å². The van der Waals surface area contributed by atoms with Gasteiger partial charge in [-0.05, 0) is 24.3 Å². The Labute approximate surface area is 184 Å². The minimum absolute atomic E-state index is 0.251. The zero-order valence-corrected chi connectivity index (χ0v) is 18.7. The predicted octanol–water partition coefficient (Wildman–Crippen LogP) is 4.39. The second-order valence-corrected chi connectivity index (χ2v) is 8.07. The molecule has 0 aliphatic rings. The number of benzene rings is 2. The van der Waals surface area contributed by atoms with Crippen molar-refractivity contribution >= 4 is 55.4 Å². The number of rotatable bonds is 9. The van der Waals surface area contributed by atoms with Gasteiger partial charge in [0.05, 0.1) is 12.3 Å². The molecule has 0 aromatic heterocycles. The van der Waals surface area contributed by atoms with Gasteiger partial charge < -0.3 is 9.47 Å². The summed E-state index contributed by atoms with van der Waals surface area (Å²) in [5.41, 5.74) is 0.833. The molecule has 0 saturated carbocycles. The van der Waals surface area contributed by atoms with Gasteiger partial charge in [-0.1, -0.05) is 63.0 Å². The Morgan fingerprint density at radius 3 is 1.62 bits per heavy atom. The SMILES string of the molecule is C[C@@H](CC(=O)OCC(=O)c1ccc(Br)cc1)C(=O)OCC(=O)c1ccc(Br)cc1. The molecule has 29 heavy (non-hydrogen) atoms. The normalized spacial score (nSPS) is 11.4. The van der Waals surface area contributed by atoms with E-state index in [0.717, 1.165) is 8.95 Å². The first-order valence-corrected chi connectivity index (χ1v) is 10.2. The van der Waals surface area contributed by atoms with Gasteiger partial charge >= 0.3 is 11.9 Å². The van der Waals surface area contributed by atoms with Crippen molar-refractivity contribution in [2.75, 3.05) is 13.2 Å². The zero-order valence-electron chi connectivity index (χ0n) is 15.5. The fourth-order valence-corrected chi connectivity index (χ4v) is 2.78. The number of hydrogen-bond acceptors (Lipinski definition) is 6. The first-order valence-electron chi connectivity index (χ1n) is 8.66. The Kier molecular flexibility index (Phi) is 8.72. The average molecular weight is 526 g/mol. The molecule has 2 rings (SSSR count). The lowest BCUT2D eigenvalue weighted by Gasteiger charge is -2.11. The minimum atomic E-state index is -0.803. The van der Waals surface area contributed by atoms with Gasteiger partial charge in [-0.25, -0.2) is 0 Å². The van der Waals surface area contributed by atoms with Gasteiger partial charge in [0.25, 0.3) is 0 Å². The molecule has 0 fully saturated rings. The molecule has 2 aromatic carbocycles. The van der Waals surface area contributed by atoms with Crippen LogP contribution in [0.2, 0.25) is 0 Å². The van der Waals surface area contributed by atoms with Crippen LogP contribution in [0.15, 0.2) is 57.5 Å². The molecule has 0 spiro atoms. The maximum atomic E-state index is 12.0. The summed E-state index contributed by atoms with van der Waals surface area (Å²) in [4.78, 5) is 47.9. The molecule has 0 bridgehead atoms.